The molecule has 0 aliphatic carbocycles. The van der Waals surface area contributed by atoms with Crippen molar-refractivity contribution in [1.29, 1.82) is 0 Å². The molecule has 0 saturated heterocycles. The van der Waals surface area contributed by atoms with Crippen LogP contribution in [0.1, 0.15) is 15.9 Å². The van der Waals surface area contributed by atoms with Gasteiger partial charge in [0.25, 0.3) is 0 Å². The topological polar surface area (TPSA) is 26.3 Å². The summed E-state index contributed by atoms with van der Waals surface area (Å²) in [5.41, 5.74) is 1.18. The van der Waals surface area contributed by atoms with Gasteiger partial charge in [-0.05, 0) is 35.9 Å². The highest BCUT2D eigenvalue weighted by molar-refractivity contribution is 9.10. The molecule has 0 aliphatic rings. The molecule has 0 heterocycles. The number of halogens is 2. The normalized spacial score (nSPS) is 10.3. The van der Waals surface area contributed by atoms with Crippen molar-refractivity contribution in [3.63, 3.8) is 0 Å². The summed E-state index contributed by atoms with van der Waals surface area (Å²) in [7, 11) is 1.57. The highest BCUT2D eigenvalue weighted by Crippen LogP contribution is 2.21. The van der Waals surface area contributed by atoms with Crippen LogP contribution in [0.2, 0.25) is 0 Å². The van der Waals surface area contributed by atoms with Gasteiger partial charge < -0.3 is 4.74 Å². The zero-order valence-electron chi connectivity index (χ0n) is 10.3. The summed E-state index contributed by atoms with van der Waals surface area (Å²) in [5, 5.41) is 0. The molecule has 0 amide bonds. The maximum Gasteiger partial charge on any atom is 0.168 e. The molecule has 0 spiro atoms. The molecule has 2 aromatic carbocycles. The zero-order chi connectivity index (χ0) is 13.8. The molecule has 2 rings (SSSR count). The van der Waals surface area contributed by atoms with E-state index in [0.29, 0.717) is 15.8 Å². The maximum absolute atomic E-state index is 13.2. The lowest BCUT2D eigenvalue weighted by atomic mass is 10.0. The number of methoxy groups -OCH3 is 1. The van der Waals surface area contributed by atoms with Gasteiger partial charge in [-0.3, -0.25) is 4.79 Å². The minimum Gasteiger partial charge on any atom is -0.497 e. The molecular formula is C15H12BrFO2. The molecule has 2 nitrogen and oxygen atoms in total. The van der Waals surface area contributed by atoms with Gasteiger partial charge in [0.1, 0.15) is 11.6 Å². The summed E-state index contributed by atoms with van der Waals surface area (Å²) < 4.78 is 18.9. The molecule has 0 radical (unpaired) electrons. The number of rotatable bonds is 4. The molecule has 0 saturated carbocycles. The zero-order valence-corrected chi connectivity index (χ0v) is 11.9. The van der Waals surface area contributed by atoms with Gasteiger partial charge in [0.05, 0.1) is 7.11 Å². The first kappa shape index (κ1) is 13.7. The third-order valence-corrected chi connectivity index (χ3v) is 3.42. The maximum atomic E-state index is 13.2. The first-order valence-electron chi connectivity index (χ1n) is 5.71. The van der Waals surface area contributed by atoms with Crippen LogP contribution in [-0.4, -0.2) is 12.9 Å². The van der Waals surface area contributed by atoms with Gasteiger partial charge in [0.15, 0.2) is 5.78 Å². The summed E-state index contributed by atoms with van der Waals surface area (Å²) in [6.45, 7) is 0. The van der Waals surface area contributed by atoms with E-state index < -0.39 is 5.82 Å². The molecule has 0 bridgehead atoms. The predicted molar refractivity (Wildman–Crippen MR) is 75.1 cm³/mol. The van der Waals surface area contributed by atoms with Gasteiger partial charge in [0.2, 0.25) is 0 Å². The van der Waals surface area contributed by atoms with E-state index in [1.54, 1.807) is 13.2 Å². The van der Waals surface area contributed by atoms with E-state index in [1.165, 1.54) is 18.2 Å². The Labute approximate surface area is 119 Å². The van der Waals surface area contributed by atoms with Crippen molar-refractivity contribution >= 4 is 21.7 Å². The van der Waals surface area contributed by atoms with Gasteiger partial charge in [-0.2, -0.15) is 0 Å². The Kier molecular flexibility index (Phi) is 4.32. The third kappa shape index (κ3) is 3.41. The molecule has 0 unspecified atom stereocenters. The third-order valence-electron chi connectivity index (χ3n) is 2.73. The number of benzene rings is 2. The average molecular weight is 323 g/mol. The Bertz CT molecular complexity index is 611. The molecule has 0 N–H and O–H groups in total. The smallest absolute Gasteiger partial charge is 0.168 e. The van der Waals surface area contributed by atoms with Crippen LogP contribution in [0.25, 0.3) is 0 Å². The molecule has 0 aromatic heterocycles. The van der Waals surface area contributed by atoms with Crippen LogP contribution in [0.3, 0.4) is 0 Å². The Hall–Kier alpha value is -1.68. The average Bonchev–Trinajstić information content (AvgIpc) is 2.41. The number of carbonyl (C=O) groups is 1. The van der Waals surface area contributed by atoms with E-state index >= 15 is 0 Å². The van der Waals surface area contributed by atoms with E-state index in [9.17, 15) is 9.18 Å². The predicted octanol–water partition coefficient (Wildman–Crippen LogP) is 4.02. The van der Waals surface area contributed by atoms with Gasteiger partial charge in [0, 0.05) is 16.5 Å². The molecule has 0 atom stereocenters. The van der Waals surface area contributed by atoms with Crippen molar-refractivity contribution in [2.75, 3.05) is 7.11 Å². The Morgan fingerprint density at radius 3 is 2.79 bits per heavy atom. The fraction of sp³-hybridized carbons (Fsp3) is 0.133. The van der Waals surface area contributed by atoms with Crippen molar-refractivity contribution < 1.29 is 13.9 Å². The summed E-state index contributed by atoms with van der Waals surface area (Å²) in [6, 6.07) is 11.4. The van der Waals surface area contributed by atoms with E-state index in [-0.39, 0.29) is 12.2 Å². The quantitative estimate of drug-likeness (QED) is 0.795. The second-order valence-corrected chi connectivity index (χ2v) is 4.93. The standard InChI is InChI=1S/C15H12BrFO2/c1-19-12-4-2-3-10(7-12)8-15(18)13-9-11(17)5-6-14(13)16/h2-7,9H,8H2,1H3. The summed E-state index contributed by atoms with van der Waals surface area (Å²) in [5.74, 6) is 0.139. The first-order valence-corrected chi connectivity index (χ1v) is 6.50. The molecule has 0 fully saturated rings. The monoisotopic (exact) mass is 322 g/mol. The Morgan fingerprint density at radius 2 is 2.05 bits per heavy atom. The van der Waals surface area contributed by atoms with Crippen molar-refractivity contribution in [3.05, 3.63) is 63.9 Å². The number of ketones is 1. The van der Waals surface area contributed by atoms with Crippen molar-refractivity contribution in [1.82, 2.24) is 0 Å². The minimum absolute atomic E-state index is 0.139. The first-order chi connectivity index (χ1) is 9.10. The molecule has 98 valence electrons. The van der Waals surface area contributed by atoms with Crippen LogP contribution in [0.4, 0.5) is 4.39 Å². The van der Waals surface area contributed by atoms with E-state index in [1.807, 2.05) is 18.2 Å². The van der Waals surface area contributed by atoms with Gasteiger partial charge in [-0.15, -0.1) is 0 Å². The Balaban J connectivity index is 2.23. The number of hydrogen-bond acceptors (Lipinski definition) is 2. The van der Waals surface area contributed by atoms with Crippen molar-refractivity contribution in [2.24, 2.45) is 0 Å². The number of Topliss-reactive ketones (excluding diaryl/α,β-unsaturated/α-hetero) is 1. The molecular weight excluding hydrogens is 311 g/mol. The largest absolute Gasteiger partial charge is 0.497 e. The lowest BCUT2D eigenvalue weighted by molar-refractivity contribution is 0.0992. The Morgan fingerprint density at radius 1 is 1.26 bits per heavy atom. The fourth-order valence-corrected chi connectivity index (χ4v) is 2.24. The minimum atomic E-state index is -0.419. The van der Waals surface area contributed by atoms with E-state index in [2.05, 4.69) is 15.9 Å². The second kappa shape index (κ2) is 5.97. The molecule has 0 aliphatic heterocycles. The molecule has 19 heavy (non-hydrogen) atoms. The number of carbonyl (C=O) groups excluding carboxylic acids is 1. The number of ether oxygens (including phenoxy) is 1. The summed E-state index contributed by atoms with van der Waals surface area (Å²) in [4.78, 5) is 12.1. The molecule has 4 heteroatoms. The van der Waals surface area contributed by atoms with Crippen molar-refractivity contribution in [3.8, 4) is 5.75 Å². The second-order valence-electron chi connectivity index (χ2n) is 4.08. The van der Waals surface area contributed by atoms with E-state index in [4.69, 9.17) is 4.74 Å². The SMILES string of the molecule is COc1cccc(CC(=O)c2cc(F)ccc2Br)c1. The summed E-state index contributed by atoms with van der Waals surface area (Å²) >= 11 is 3.26. The van der Waals surface area contributed by atoms with Gasteiger partial charge in [-0.25, -0.2) is 4.39 Å². The highest BCUT2D eigenvalue weighted by atomic mass is 79.9. The van der Waals surface area contributed by atoms with Crippen LogP contribution in [-0.2, 0) is 6.42 Å². The number of hydrogen-bond donors (Lipinski definition) is 0. The lowest BCUT2D eigenvalue weighted by Crippen LogP contribution is -2.05. The van der Waals surface area contributed by atoms with Crippen LogP contribution in [0, 0.1) is 5.82 Å². The lowest BCUT2D eigenvalue weighted by Gasteiger charge is -2.06. The van der Waals surface area contributed by atoms with Crippen LogP contribution in [0.15, 0.2) is 46.9 Å². The van der Waals surface area contributed by atoms with Crippen LogP contribution in [0.5, 0.6) is 5.75 Å². The van der Waals surface area contributed by atoms with Gasteiger partial charge in [-0.1, -0.05) is 28.1 Å². The summed E-state index contributed by atoms with van der Waals surface area (Å²) in [6.07, 6.45) is 0.208. The molecule has 2 aromatic rings. The van der Waals surface area contributed by atoms with E-state index in [0.717, 1.165) is 5.56 Å². The fourth-order valence-electron chi connectivity index (χ4n) is 1.77. The van der Waals surface area contributed by atoms with Crippen LogP contribution >= 0.6 is 15.9 Å². The van der Waals surface area contributed by atoms with Crippen LogP contribution < -0.4 is 4.74 Å². The van der Waals surface area contributed by atoms with Gasteiger partial charge >= 0.3 is 0 Å². The van der Waals surface area contributed by atoms with Crippen molar-refractivity contribution in [2.45, 2.75) is 6.42 Å². The highest BCUT2D eigenvalue weighted by Gasteiger charge is 2.12.